The molecule has 3 heteroatoms. The summed E-state index contributed by atoms with van der Waals surface area (Å²) in [6.45, 7) is 1.80. The second-order valence-corrected chi connectivity index (χ2v) is 4.37. The summed E-state index contributed by atoms with van der Waals surface area (Å²) in [6, 6.07) is 13.1. The summed E-state index contributed by atoms with van der Waals surface area (Å²) in [6.07, 6.45) is 0.709. The highest BCUT2D eigenvalue weighted by molar-refractivity contribution is 5.89. The minimum absolute atomic E-state index is 0.364. The van der Waals surface area contributed by atoms with Crippen LogP contribution < -0.4 is 5.73 Å². The molecule has 18 heavy (non-hydrogen) atoms. The third kappa shape index (κ3) is 2.69. The van der Waals surface area contributed by atoms with Crippen LogP contribution in [0, 0.1) is 6.92 Å². The van der Waals surface area contributed by atoms with Gasteiger partial charge < -0.3 is 10.8 Å². The van der Waals surface area contributed by atoms with E-state index >= 15 is 0 Å². The predicted octanol–water partition coefficient (Wildman–Crippen LogP) is 2.87. The van der Waals surface area contributed by atoms with Gasteiger partial charge in [0, 0.05) is 5.69 Å². The fourth-order valence-electron chi connectivity index (χ4n) is 1.88. The van der Waals surface area contributed by atoms with Gasteiger partial charge in [-0.2, -0.15) is 0 Å². The Morgan fingerprint density at radius 1 is 1.11 bits per heavy atom. The number of aryl methyl sites for hydroxylation is 1. The van der Waals surface area contributed by atoms with Crippen molar-refractivity contribution in [2.75, 3.05) is 5.73 Å². The summed E-state index contributed by atoms with van der Waals surface area (Å²) in [5.41, 5.74) is 9.61. The Balaban J connectivity index is 2.27. The number of anilines is 1. The van der Waals surface area contributed by atoms with Crippen molar-refractivity contribution in [1.82, 2.24) is 0 Å². The van der Waals surface area contributed by atoms with E-state index in [0.29, 0.717) is 12.0 Å². The van der Waals surface area contributed by atoms with Crippen LogP contribution in [0.15, 0.2) is 42.5 Å². The van der Waals surface area contributed by atoms with Gasteiger partial charge in [-0.3, -0.25) is 0 Å². The lowest BCUT2D eigenvalue weighted by Crippen LogP contribution is -2.01. The second-order valence-electron chi connectivity index (χ2n) is 4.37. The minimum Gasteiger partial charge on any atom is -0.478 e. The number of aromatic carboxylic acids is 1. The van der Waals surface area contributed by atoms with Crippen LogP contribution in [-0.4, -0.2) is 11.1 Å². The molecule has 0 unspecified atom stereocenters. The second kappa shape index (κ2) is 4.92. The fourth-order valence-corrected chi connectivity index (χ4v) is 1.88. The number of carbonyl (C=O) groups is 1. The molecule has 0 saturated carbocycles. The molecule has 0 spiro atoms. The summed E-state index contributed by atoms with van der Waals surface area (Å²) in [5.74, 6) is -0.883. The standard InChI is InChI=1S/C15H15NO2/c1-10-2-3-12(9-14(10)15(17)18)8-11-4-6-13(16)7-5-11/h2-7,9H,8,16H2,1H3,(H,17,18). The van der Waals surface area contributed by atoms with Gasteiger partial charge in [-0.05, 0) is 48.2 Å². The van der Waals surface area contributed by atoms with Gasteiger partial charge in [0.15, 0.2) is 0 Å². The molecular formula is C15H15NO2. The van der Waals surface area contributed by atoms with Crippen molar-refractivity contribution < 1.29 is 9.90 Å². The first-order valence-corrected chi connectivity index (χ1v) is 5.73. The SMILES string of the molecule is Cc1ccc(Cc2ccc(N)cc2)cc1C(=O)O. The monoisotopic (exact) mass is 241 g/mol. The van der Waals surface area contributed by atoms with Crippen molar-refractivity contribution in [1.29, 1.82) is 0 Å². The number of benzene rings is 2. The van der Waals surface area contributed by atoms with E-state index < -0.39 is 5.97 Å². The molecule has 3 nitrogen and oxygen atoms in total. The molecule has 3 N–H and O–H groups in total. The van der Waals surface area contributed by atoms with Crippen molar-refractivity contribution >= 4 is 11.7 Å². The molecule has 0 aromatic heterocycles. The highest BCUT2D eigenvalue weighted by Gasteiger charge is 2.08. The first-order valence-electron chi connectivity index (χ1n) is 5.73. The Labute approximate surface area is 106 Å². The van der Waals surface area contributed by atoms with Gasteiger partial charge in [-0.1, -0.05) is 24.3 Å². The third-order valence-corrected chi connectivity index (χ3v) is 2.92. The van der Waals surface area contributed by atoms with Crippen molar-refractivity contribution in [2.45, 2.75) is 13.3 Å². The summed E-state index contributed by atoms with van der Waals surface area (Å²) in [7, 11) is 0. The van der Waals surface area contributed by atoms with Crippen molar-refractivity contribution in [2.24, 2.45) is 0 Å². The maximum atomic E-state index is 11.1. The molecule has 0 aliphatic heterocycles. The van der Waals surface area contributed by atoms with Crippen molar-refractivity contribution in [3.05, 3.63) is 64.7 Å². The van der Waals surface area contributed by atoms with Gasteiger partial charge in [-0.25, -0.2) is 4.79 Å². The summed E-state index contributed by atoms with van der Waals surface area (Å²) < 4.78 is 0. The van der Waals surface area contributed by atoms with Gasteiger partial charge in [0.25, 0.3) is 0 Å². The Bertz CT molecular complexity index is 574. The summed E-state index contributed by atoms with van der Waals surface area (Å²) >= 11 is 0. The molecule has 0 atom stereocenters. The lowest BCUT2D eigenvalue weighted by molar-refractivity contribution is 0.0696. The topological polar surface area (TPSA) is 63.3 Å². The van der Waals surface area contributed by atoms with Gasteiger partial charge >= 0.3 is 5.97 Å². The molecule has 2 aromatic carbocycles. The lowest BCUT2D eigenvalue weighted by Gasteiger charge is -2.06. The third-order valence-electron chi connectivity index (χ3n) is 2.92. The number of nitrogen functional groups attached to an aromatic ring is 1. The summed E-state index contributed by atoms with van der Waals surface area (Å²) in [5, 5.41) is 9.08. The smallest absolute Gasteiger partial charge is 0.335 e. The maximum Gasteiger partial charge on any atom is 0.335 e. The molecule has 0 radical (unpaired) electrons. The van der Waals surface area contributed by atoms with Crippen LogP contribution in [0.25, 0.3) is 0 Å². The first kappa shape index (κ1) is 12.2. The van der Waals surface area contributed by atoms with Crippen LogP contribution in [0.4, 0.5) is 5.69 Å². The molecule has 0 aliphatic rings. The van der Waals surface area contributed by atoms with E-state index in [1.165, 1.54) is 0 Å². The normalized spacial score (nSPS) is 10.3. The van der Waals surface area contributed by atoms with E-state index in [2.05, 4.69) is 0 Å². The Hall–Kier alpha value is -2.29. The summed E-state index contributed by atoms with van der Waals surface area (Å²) in [4.78, 5) is 11.1. The number of carboxylic acid groups (broad SMARTS) is 1. The van der Waals surface area contributed by atoms with Gasteiger partial charge in [0.2, 0.25) is 0 Å². The van der Waals surface area contributed by atoms with E-state index in [-0.39, 0.29) is 0 Å². The lowest BCUT2D eigenvalue weighted by atomic mass is 10.00. The molecule has 0 amide bonds. The van der Waals surface area contributed by atoms with Gasteiger partial charge in [0.1, 0.15) is 0 Å². The van der Waals surface area contributed by atoms with E-state index in [1.807, 2.05) is 36.4 Å². The van der Waals surface area contributed by atoms with Crippen molar-refractivity contribution in [3.63, 3.8) is 0 Å². The van der Waals surface area contributed by atoms with Crippen LogP contribution in [0.3, 0.4) is 0 Å². The highest BCUT2D eigenvalue weighted by Crippen LogP contribution is 2.16. The number of nitrogens with two attached hydrogens (primary N) is 1. The zero-order valence-corrected chi connectivity index (χ0v) is 10.2. The largest absolute Gasteiger partial charge is 0.478 e. The maximum absolute atomic E-state index is 11.1. The number of rotatable bonds is 3. The van der Waals surface area contributed by atoms with E-state index in [1.54, 1.807) is 13.0 Å². The Morgan fingerprint density at radius 2 is 1.72 bits per heavy atom. The molecule has 0 aliphatic carbocycles. The predicted molar refractivity (Wildman–Crippen MR) is 71.8 cm³/mol. The molecule has 0 bridgehead atoms. The molecule has 0 fully saturated rings. The van der Waals surface area contributed by atoms with Crippen LogP contribution in [0.1, 0.15) is 27.0 Å². The fraction of sp³-hybridized carbons (Fsp3) is 0.133. The number of carboxylic acids is 1. The van der Waals surface area contributed by atoms with Crippen LogP contribution >= 0.6 is 0 Å². The van der Waals surface area contributed by atoms with E-state index in [4.69, 9.17) is 10.8 Å². The van der Waals surface area contributed by atoms with E-state index in [0.717, 1.165) is 22.4 Å². The first-order chi connectivity index (χ1) is 8.56. The Morgan fingerprint density at radius 3 is 2.33 bits per heavy atom. The molecule has 0 saturated heterocycles. The van der Waals surface area contributed by atoms with Gasteiger partial charge in [0.05, 0.1) is 5.56 Å². The molecule has 2 rings (SSSR count). The number of hydrogen-bond donors (Lipinski definition) is 2. The quantitative estimate of drug-likeness (QED) is 0.812. The average molecular weight is 241 g/mol. The zero-order chi connectivity index (χ0) is 13.1. The average Bonchev–Trinajstić information content (AvgIpc) is 2.34. The highest BCUT2D eigenvalue weighted by atomic mass is 16.4. The van der Waals surface area contributed by atoms with Crippen LogP contribution in [0.5, 0.6) is 0 Å². The zero-order valence-electron chi connectivity index (χ0n) is 10.2. The molecular weight excluding hydrogens is 226 g/mol. The molecule has 0 heterocycles. The van der Waals surface area contributed by atoms with Crippen LogP contribution in [0.2, 0.25) is 0 Å². The molecule has 2 aromatic rings. The number of hydrogen-bond acceptors (Lipinski definition) is 2. The van der Waals surface area contributed by atoms with Gasteiger partial charge in [-0.15, -0.1) is 0 Å². The van der Waals surface area contributed by atoms with Crippen molar-refractivity contribution in [3.8, 4) is 0 Å². The van der Waals surface area contributed by atoms with Crippen LogP contribution in [-0.2, 0) is 6.42 Å². The minimum atomic E-state index is -0.883. The van der Waals surface area contributed by atoms with E-state index in [9.17, 15) is 4.79 Å². The molecule has 92 valence electrons. The Kier molecular flexibility index (Phi) is 3.33.